The van der Waals surface area contributed by atoms with Gasteiger partial charge < -0.3 is 10.1 Å². The van der Waals surface area contributed by atoms with E-state index in [1.165, 1.54) is 5.56 Å². The largest absolute Gasteiger partial charge is 0.495 e. The van der Waals surface area contributed by atoms with Crippen LogP contribution in [-0.4, -0.2) is 18.0 Å². The van der Waals surface area contributed by atoms with Gasteiger partial charge in [0.1, 0.15) is 10.8 Å². The number of thiazole rings is 1. The Morgan fingerprint density at radius 2 is 2.04 bits per heavy atom. The predicted octanol–water partition coefficient (Wildman–Crippen LogP) is 4.70. The number of hydrogen-bond donors (Lipinski definition) is 1. The number of carbonyl (C=O) groups excluding carboxylic acids is 1. The van der Waals surface area contributed by atoms with Crippen LogP contribution in [0, 0.1) is 6.92 Å². The number of benzene rings is 2. The molecule has 1 aromatic heterocycles. The van der Waals surface area contributed by atoms with E-state index in [2.05, 4.69) is 35.4 Å². The normalized spacial score (nSPS) is 10.5. The summed E-state index contributed by atoms with van der Waals surface area (Å²) in [7, 11) is 1.59. The zero-order valence-electron chi connectivity index (χ0n) is 14.3. The van der Waals surface area contributed by atoms with Gasteiger partial charge in [0.15, 0.2) is 0 Å². The fourth-order valence-electron chi connectivity index (χ4n) is 2.53. The van der Waals surface area contributed by atoms with Gasteiger partial charge in [-0.1, -0.05) is 35.9 Å². The first kappa shape index (κ1) is 17.2. The molecule has 128 valence electrons. The zero-order valence-corrected chi connectivity index (χ0v) is 15.1. The molecule has 0 atom stereocenters. The van der Waals surface area contributed by atoms with Gasteiger partial charge in [-0.25, -0.2) is 4.98 Å². The highest BCUT2D eigenvalue weighted by molar-refractivity contribution is 7.13. The van der Waals surface area contributed by atoms with E-state index in [9.17, 15) is 4.79 Å². The van der Waals surface area contributed by atoms with Crippen molar-refractivity contribution < 1.29 is 9.53 Å². The van der Waals surface area contributed by atoms with Crippen molar-refractivity contribution in [3.63, 3.8) is 0 Å². The first-order valence-corrected chi connectivity index (χ1v) is 8.98. The van der Waals surface area contributed by atoms with Crippen LogP contribution in [0.2, 0.25) is 0 Å². The predicted molar refractivity (Wildman–Crippen MR) is 102 cm³/mol. The van der Waals surface area contributed by atoms with Crippen LogP contribution in [0.15, 0.2) is 53.9 Å². The molecule has 0 aliphatic carbocycles. The molecular formula is C20H20N2O2S. The third-order valence-corrected chi connectivity index (χ3v) is 4.75. The molecule has 0 saturated heterocycles. The maximum Gasteiger partial charge on any atom is 0.224 e. The Hall–Kier alpha value is -2.66. The zero-order chi connectivity index (χ0) is 17.6. The van der Waals surface area contributed by atoms with E-state index < -0.39 is 0 Å². The lowest BCUT2D eigenvalue weighted by Crippen LogP contribution is -2.13. The van der Waals surface area contributed by atoms with Crippen molar-refractivity contribution in [2.75, 3.05) is 12.4 Å². The number of aryl methyl sites for hydroxylation is 2. The number of nitrogens with one attached hydrogen (secondary N) is 1. The van der Waals surface area contributed by atoms with Gasteiger partial charge in [0.25, 0.3) is 0 Å². The van der Waals surface area contributed by atoms with Gasteiger partial charge in [-0.05, 0) is 31.5 Å². The molecule has 1 heterocycles. The van der Waals surface area contributed by atoms with Crippen molar-refractivity contribution in [1.82, 2.24) is 4.98 Å². The van der Waals surface area contributed by atoms with Crippen molar-refractivity contribution in [3.8, 4) is 16.3 Å². The van der Waals surface area contributed by atoms with Gasteiger partial charge in [-0.15, -0.1) is 11.3 Å². The van der Waals surface area contributed by atoms with E-state index in [0.29, 0.717) is 24.3 Å². The van der Waals surface area contributed by atoms with Crippen LogP contribution >= 0.6 is 11.3 Å². The highest BCUT2D eigenvalue weighted by Gasteiger charge is 2.10. The lowest BCUT2D eigenvalue weighted by Gasteiger charge is -2.09. The molecule has 3 rings (SSSR count). The van der Waals surface area contributed by atoms with Gasteiger partial charge in [-0.2, -0.15) is 0 Å². The third kappa shape index (κ3) is 4.45. The minimum absolute atomic E-state index is 0.0467. The average molecular weight is 352 g/mol. The second kappa shape index (κ2) is 7.94. The van der Waals surface area contributed by atoms with E-state index in [-0.39, 0.29) is 5.91 Å². The maximum absolute atomic E-state index is 12.2. The molecule has 0 aliphatic heterocycles. The topological polar surface area (TPSA) is 51.2 Å². The number of hydrogen-bond acceptors (Lipinski definition) is 4. The summed E-state index contributed by atoms with van der Waals surface area (Å²) >= 11 is 1.61. The van der Waals surface area contributed by atoms with Gasteiger partial charge in [0.05, 0.1) is 18.5 Å². The number of nitrogens with zero attached hydrogens (tertiary/aromatic N) is 1. The van der Waals surface area contributed by atoms with E-state index in [4.69, 9.17) is 4.74 Å². The summed E-state index contributed by atoms with van der Waals surface area (Å²) < 4.78 is 5.25. The van der Waals surface area contributed by atoms with E-state index in [0.717, 1.165) is 16.3 Å². The first-order chi connectivity index (χ1) is 12.2. The molecule has 0 saturated carbocycles. The van der Waals surface area contributed by atoms with Gasteiger partial charge in [-0.3, -0.25) is 4.79 Å². The molecule has 0 radical (unpaired) electrons. The van der Waals surface area contributed by atoms with Gasteiger partial charge in [0.2, 0.25) is 5.91 Å². The van der Waals surface area contributed by atoms with Crippen LogP contribution in [0.1, 0.15) is 17.7 Å². The highest BCUT2D eigenvalue weighted by atomic mass is 32.1. The van der Waals surface area contributed by atoms with Crippen LogP contribution < -0.4 is 10.1 Å². The standard InChI is InChI=1S/C20H20N2O2S/c1-14-6-5-7-15(12-14)20-21-16(13-25-20)10-11-19(23)22-17-8-3-4-9-18(17)24-2/h3-9,12-13H,10-11H2,1-2H3,(H,22,23). The first-order valence-electron chi connectivity index (χ1n) is 8.10. The summed E-state index contributed by atoms with van der Waals surface area (Å²) in [6.07, 6.45) is 0.998. The number of rotatable bonds is 6. The van der Waals surface area contributed by atoms with Crippen molar-refractivity contribution in [1.29, 1.82) is 0 Å². The second-order valence-electron chi connectivity index (χ2n) is 5.76. The third-order valence-electron chi connectivity index (χ3n) is 3.81. The summed E-state index contributed by atoms with van der Waals surface area (Å²) in [5.74, 6) is 0.612. The molecule has 25 heavy (non-hydrogen) atoms. The van der Waals surface area contributed by atoms with Crippen LogP contribution in [0.3, 0.4) is 0 Å². The quantitative estimate of drug-likeness (QED) is 0.700. The van der Waals surface area contributed by atoms with Crippen LogP contribution in [0.25, 0.3) is 10.6 Å². The van der Waals surface area contributed by atoms with E-state index in [1.54, 1.807) is 18.4 Å². The lowest BCUT2D eigenvalue weighted by molar-refractivity contribution is -0.116. The summed E-state index contributed by atoms with van der Waals surface area (Å²) in [6.45, 7) is 2.07. The van der Waals surface area contributed by atoms with E-state index in [1.807, 2.05) is 35.7 Å². The summed E-state index contributed by atoms with van der Waals surface area (Å²) in [6, 6.07) is 15.7. The molecule has 0 fully saturated rings. The molecule has 0 aliphatic rings. The van der Waals surface area contributed by atoms with Crippen LogP contribution in [-0.2, 0) is 11.2 Å². The average Bonchev–Trinajstić information content (AvgIpc) is 3.09. The Morgan fingerprint density at radius 1 is 1.20 bits per heavy atom. The number of aromatic nitrogens is 1. The maximum atomic E-state index is 12.2. The number of amides is 1. The Kier molecular flexibility index (Phi) is 5.46. The Balaban J connectivity index is 1.59. The fraction of sp³-hybridized carbons (Fsp3) is 0.200. The summed E-state index contributed by atoms with van der Waals surface area (Å²) in [5, 5.41) is 5.90. The van der Waals surface area contributed by atoms with Crippen molar-refractivity contribution in [3.05, 3.63) is 65.2 Å². The van der Waals surface area contributed by atoms with Crippen molar-refractivity contribution in [2.24, 2.45) is 0 Å². The molecule has 2 aromatic carbocycles. The Bertz CT molecular complexity index is 873. The van der Waals surface area contributed by atoms with Crippen LogP contribution in [0.5, 0.6) is 5.75 Å². The molecule has 1 N–H and O–H groups in total. The smallest absolute Gasteiger partial charge is 0.224 e. The molecule has 5 heteroatoms. The molecule has 4 nitrogen and oxygen atoms in total. The number of para-hydroxylation sites is 2. The molecule has 3 aromatic rings. The fourth-order valence-corrected chi connectivity index (χ4v) is 3.39. The number of ether oxygens (including phenoxy) is 1. The highest BCUT2D eigenvalue weighted by Crippen LogP contribution is 2.26. The molecule has 1 amide bonds. The minimum Gasteiger partial charge on any atom is -0.495 e. The second-order valence-corrected chi connectivity index (χ2v) is 6.62. The Labute approximate surface area is 151 Å². The molecule has 0 spiro atoms. The SMILES string of the molecule is COc1ccccc1NC(=O)CCc1csc(-c2cccc(C)c2)n1. The monoisotopic (exact) mass is 352 g/mol. The van der Waals surface area contributed by atoms with Crippen molar-refractivity contribution in [2.45, 2.75) is 19.8 Å². The van der Waals surface area contributed by atoms with E-state index >= 15 is 0 Å². The lowest BCUT2D eigenvalue weighted by atomic mass is 10.1. The minimum atomic E-state index is -0.0467. The summed E-state index contributed by atoms with van der Waals surface area (Å²) in [5.41, 5.74) is 3.96. The molecule has 0 bridgehead atoms. The van der Waals surface area contributed by atoms with Crippen LogP contribution in [0.4, 0.5) is 5.69 Å². The van der Waals surface area contributed by atoms with Gasteiger partial charge in [0, 0.05) is 17.4 Å². The van der Waals surface area contributed by atoms with Gasteiger partial charge >= 0.3 is 0 Å². The summed E-state index contributed by atoms with van der Waals surface area (Å²) in [4.78, 5) is 16.8. The number of methoxy groups -OCH3 is 1. The Morgan fingerprint density at radius 3 is 2.84 bits per heavy atom. The van der Waals surface area contributed by atoms with Crippen molar-refractivity contribution >= 4 is 22.9 Å². The molecule has 0 unspecified atom stereocenters. The number of carbonyl (C=O) groups is 1. The number of anilines is 1. The molecular weight excluding hydrogens is 332 g/mol.